The van der Waals surface area contributed by atoms with Gasteiger partial charge in [-0.3, -0.25) is 33.6 Å². The number of hydrogen-bond acceptors (Lipinski definition) is 10. The van der Waals surface area contributed by atoms with Gasteiger partial charge < -0.3 is 40.9 Å². The van der Waals surface area contributed by atoms with Gasteiger partial charge in [0.1, 0.15) is 29.9 Å². The van der Waals surface area contributed by atoms with Crippen LogP contribution in [0.2, 0.25) is 0 Å². The molecule has 5 atom stereocenters. The van der Waals surface area contributed by atoms with Crippen LogP contribution in [0, 0.1) is 11.3 Å². The van der Waals surface area contributed by atoms with Crippen LogP contribution in [0.4, 0.5) is 0 Å². The monoisotopic (exact) mass is 784 g/mol. The fourth-order valence-corrected chi connectivity index (χ4v) is 6.81. The SMILES string of the molecule is CSCC(NC(=O)[C@@H]1CCCN1C(=O)[C@@H](NC(=O)Cc1cccc(OCCCO)c1)C(C)(C)C)C(=O)C(=O)NCC(=O)N[C@H](C(=O)N(C)C)C1C=CC=CC1. The summed E-state index contributed by atoms with van der Waals surface area (Å²) in [6.45, 7) is 5.46. The van der Waals surface area contributed by atoms with Crippen LogP contribution < -0.4 is 26.0 Å². The number of aliphatic hydroxyl groups is 1. The molecule has 1 saturated heterocycles. The van der Waals surface area contributed by atoms with E-state index in [1.807, 2.05) is 39.0 Å². The van der Waals surface area contributed by atoms with Gasteiger partial charge in [-0.2, -0.15) is 11.8 Å². The molecule has 1 aromatic rings. The summed E-state index contributed by atoms with van der Waals surface area (Å²) >= 11 is 1.23. The second kappa shape index (κ2) is 21.4. The molecule has 0 bridgehead atoms. The van der Waals surface area contributed by atoms with Crippen LogP contribution in [-0.4, -0.2) is 133 Å². The summed E-state index contributed by atoms with van der Waals surface area (Å²) in [5.41, 5.74) is -0.0538. The number of rotatable bonds is 19. The van der Waals surface area contributed by atoms with Gasteiger partial charge in [0.05, 0.1) is 19.6 Å². The van der Waals surface area contributed by atoms with Crippen LogP contribution in [0.3, 0.4) is 0 Å². The van der Waals surface area contributed by atoms with Gasteiger partial charge in [0.25, 0.3) is 5.91 Å². The van der Waals surface area contributed by atoms with Crippen molar-refractivity contribution in [3.05, 3.63) is 54.1 Å². The molecule has 55 heavy (non-hydrogen) atoms. The molecule has 1 aromatic carbocycles. The van der Waals surface area contributed by atoms with Crippen molar-refractivity contribution >= 4 is 53.0 Å². The molecule has 1 aliphatic carbocycles. The number of aliphatic hydroxyl groups excluding tert-OH is 1. The van der Waals surface area contributed by atoms with Crippen molar-refractivity contribution in [3.8, 4) is 5.75 Å². The first-order chi connectivity index (χ1) is 26.1. The molecule has 16 heteroatoms. The van der Waals surface area contributed by atoms with Gasteiger partial charge in [-0.25, -0.2) is 0 Å². The van der Waals surface area contributed by atoms with Crippen LogP contribution in [0.15, 0.2) is 48.6 Å². The standard InChI is InChI=1S/C39H56N6O9S/c1-39(2,3)34(43-30(47)22-25-13-10-16-27(21-25)54-20-12-19-46)38(53)45-18-11-17-29(45)35(50)41-28(24-55-6)33(49)36(51)40-23-31(48)42-32(37(52)44(4)5)26-14-8-7-9-15-26/h7-10,13-14,16,21,26,28-29,32,34,46H,11-12,15,17-20,22-24H2,1-6H3,(H,40,51)(H,41,50)(H,42,48)(H,43,47)/t26?,28?,29-,32-,34+/m0/s1. The highest BCUT2D eigenvalue weighted by Crippen LogP contribution is 2.26. The summed E-state index contributed by atoms with van der Waals surface area (Å²) in [5.74, 6) is -4.14. The maximum Gasteiger partial charge on any atom is 0.290 e. The van der Waals surface area contributed by atoms with Gasteiger partial charge in [-0.05, 0) is 48.6 Å². The van der Waals surface area contributed by atoms with E-state index in [-0.39, 0.29) is 37.2 Å². The van der Waals surface area contributed by atoms with Crippen LogP contribution in [0.25, 0.3) is 0 Å². The zero-order valence-electron chi connectivity index (χ0n) is 32.6. The molecule has 3 rings (SSSR count). The number of allylic oxidation sites excluding steroid dienone is 3. The van der Waals surface area contributed by atoms with E-state index in [1.54, 1.807) is 50.7 Å². The van der Waals surface area contributed by atoms with Gasteiger partial charge in [0.15, 0.2) is 0 Å². The first kappa shape index (κ1) is 44.7. The number of hydrogen-bond donors (Lipinski definition) is 5. The minimum atomic E-state index is -1.24. The number of amides is 6. The number of carbonyl (C=O) groups excluding carboxylic acids is 7. The zero-order chi connectivity index (χ0) is 40.7. The topological polar surface area (TPSA) is 204 Å². The molecule has 1 heterocycles. The second-order valence-corrected chi connectivity index (χ2v) is 15.8. The molecule has 0 spiro atoms. The van der Waals surface area contributed by atoms with Gasteiger partial charge in [0.2, 0.25) is 35.3 Å². The summed E-state index contributed by atoms with van der Waals surface area (Å²) in [5, 5.41) is 19.5. The van der Waals surface area contributed by atoms with E-state index in [1.165, 1.54) is 21.6 Å². The number of benzene rings is 1. The van der Waals surface area contributed by atoms with E-state index in [0.29, 0.717) is 43.6 Å². The van der Waals surface area contributed by atoms with Crippen molar-refractivity contribution in [2.24, 2.45) is 11.3 Å². The van der Waals surface area contributed by atoms with Gasteiger partial charge in [-0.1, -0.05) is 57.2 Å². The number of likely N-dealkylation sites (tertiary alicyclic amines) is 1. The first-order valence-electron chi connectivity index (χ1n) is 18.4. The Kier molecular flexibility index (Phi) is 17.4. The lowest BCUT2D eigenvalue weighted by atomic mass is 9.85. The lowest BCUT2D eigenvalue weighted by Crippen LogP contribution is -2.59. The largest absolute Gasteiger partial charge is 0.493 e. The number of thioether (sulfide) groups is 1. The minimum absolute atomic E-state index is 0.0000208. The number of Topliss-reactive ketones (excluding diaryl/α,β-unsaturated/α-hetero) is 1. The quantitative estimate of drug-likeness (QED) is 0.0985. The number of nitrogens with zero attached hydrogens (tertiary/aromatic N) is 2. The molecule has 6 amide bonds. The van der Waals surface area contributed by atoms with Crippen molar-refractivity contribution in [2.75, 3.05) is 52.4 Å². The van der Waals surface area contributed by atoms with Gasteiger partial charge in [0, 0.05) is 45.3 Å². The van der Waals surface area contributed by atoms with E-state index in [4.69, 9.17) is 9.84 Å². The average Bonchev–Trinajstić information content (AvgIpc) is 3.65. The zero-order valence-corrected chi connectivity index (χ0v) is 33.4. The fraction of sp³-hybridized carbons (Fsp3) is 0.564. The number of carbonyl (C=O) groups is 7. The van der Waals surface area contributed by atoms with E-state index in [9.17, 15) is 33.6 Å². The summed E-state index contributed by atoms with van der Waals surface area (Å²) in [4.78, 5) is 95.6. The number of ether oxygens (including phenoxy) is 1. The average molecular weight is 785 g/mol. The highest BCUT2D eigenvalue weighted by atomic mass is 32.2. The smallest absolute Gasteiger partial charge is 0.290 e. The Morgan fingerprint density at radius 2 is 1.78 bits per heavy atom. The Balaban J connectivity index is 1.63. The van der Waals surface area contributed by atoms with Crippen LogP contribution in [0.5, 0.6) is 5.75 Å². The molecule has 0 aromatic heterocycles. The summed E-state index contributed by atoms with van der Waals surface area (Å²) in [6.07, 6.45) is 10.9. The summed E-state index contributed by atoms with van der Waals surface area (Å²) < 4.78 is 5.62. The van der Waals surface area contributed by atoms with Crippen molar-refractivity contribution in [3.63, 3.8) is 0 Å². The maximum absolute atomic E-state index is 14.0. The molecule has 0 radical (unpaired) electrons. The maximum atomic E-state index is 14.0. The number of ketones is 1. The van der Waals surface area contributed by atoms with E-state index in [0.717, 1.165) is 0 Å². The molecule has 302 valence electrons. The predicted molar refractivity (Wildman–Crippen MR) is 209 cm³/mol. The first-order valence-corrected chi connectivity index (χ1v) is 19.8. The van der Waals surface area contributed by atoms with Crippen LogP contribution >= 0.6 is 11.8 Å². The third-order valence-corrected chi connectivity index (χ3v) is 9.82. The fourth-order valence-electron chi connectivity index (χ4n) is 6.24. The lowest BCUT2D eigenvalue weighted by molar-refractivity contribution is -0.145. The molecule has 1 aliphatic heterocycles. The van der Waals surface area contributed by atoms with Gasteiger partial charge in [-0.15, -0.1) is 0 Å². The highest BCUT2D eigenvalue weighted by Gasteiger charge is 2.43. The Hall–Kier alpha value is -4.70. The Morgan fingerprint density at radius 3 is 2.42 bits per heavy atom. The molecular formula is C39H56N6O9S. The lowest BCUT2D eigenvalue weighted by Gasteiger charge is -2.35. The predicted octanol–water partition coefficient (Wildman–Crippen LogP) is 0.751. The highest BCUT2D eigenvalue weighted by molar-refractivity contribution is 7.98. The molecule has 0 saturated carbocycles. The number of nitrogens with one attached hydrogen (secondary N) is 4. The minimum Gasteiger partial charge on any atom is -0.493 e. The van der Waals surface area contributed by atoms with E-state index < -0.39 is 71.4 Å². The molecule has 2 aliphatic rings. The molecule has 15 nitrogen and oxygen atoms in total. The second-order valence-electron chi connectivity index (χ2n) is 14.9. The molecular weight excluding hydrogens is 729 g/mol. The van der Waals surface area contributed by atoms with E-state index in [2.05, 4.69) is 21.3 Å². The molecule has 2 unspecified atom stereocenters. The van der Waals surface area contributed by atoms with Crippen LogP contribution in [-0.2, 0) is 40.0 Å². The van der Waals surface area contributed by atoms with Gasteiger partial charge >= 0.3 is 0 Å². The van der Waals surface area contributed by atoms with E-state index >= 15 is 0 Å². The Bertz CT molecular complexity index is 1610. The van der Waals surface area contributed by atoms with Crippen LogP contribution in [0.1, 0.15) is 52.0 Å². The normalized spacial score (nSPS) is 18.1. The Morgan fingerprint density at radius 1 is 1.04 bits per heavy atom. The summed E-state index contributed by atoms with van der Waals surface area (Å²) in [7, 11) is 3.16. The van der Waals surface area contributed by atoms with Crippen molar-refractivity contribution in [1.29, 1.82) is 0 Å². The van der Waals surface area contributed by atoms with Crippen molar-refractivity contribution in [2.45, 2.75) is 77.0 Å². The third kappa shape index (κ3) is 13.5. The third-order valence-electron chi connectivity index (χ3n) is 9.16. The summed E-state index contributed by atoms with van der Waals surface area (Å²) in [6, 6.07) is 2.97. The Labute approximate surface area is 327 Å². The molecule has 5 N–H and O–H groups in total. The van der Waals surface area contributed by atoms with Crippen molar-refractivity contribution in [1.82, 2.24) is 31.1 Å². The van der Waals surface area contributed by atoms with Crippen molar-refractivity contribution < 1.29 is 43.4 Å². The number of likely N-dealkylation sites (N-methyl/N-ethyl adjacent to an activating group) is 1. The molecule has 1 fully saturated rings.